The second kappa shape index (κ2) is 12.0. The molecular weight excluding hydrogens is 497 g/mol. The van der Waals surface area contributed by atoms with Crippen LogP contribution in [-0.4, -0.2) is 60.1 Å². The lowest BCUT2D eigenvalue weighted by molar-refractivity contribution is -0.137. The van der Waals surface area contributed by atoms with E-state index in [1.807, 2.05) is 37.3 Å². The van der Waals surface area contributed by atoms with Crippen molar-refractivity contribution < 1.29 is 32.6 Å². The van der Waals surface area contributed by atoms with Crippen LogP contribution in [0.25, 0.3) is 0 Å². The van der Waals surface area contributed by atoms with Gasteiger partial charge in [-0.1, -0.05) is 36.4 Å². The predicted molar refractivity (Wildman–Crippen MR) is 136 cm³/mol. The summed E-state index contributed by atoms with van der Waals surface area (Å²) < 4.78 is 44.8. The molecule has 2 atom stereocenters. The Bertz CT molecular complexity index is 1100. The smallest absolute Gasteiger partial charge is 0.385 e. The van der Waals surface area contributed by atoms with Gasteiger partial charge >= 0.3 is 6.18 Å². The van der Waals surface area contributed by atoms with Gasteiger partial charge in [0.2, 0.25) is 0 Å². The van der Waals surface area contributed by atoms with Crippen LogP contribution in [0.4, 0.5) is 13.2 Å². The van der Waals surface area contributed by atoms with Crippen molar-refractivity contribution in [2.45, 2.75) is 63.0 Å². The summed E-state index contributed by atoms with van der Waals surface area (Å²) in [6.45, 7) is 3.58. The number of likely N-dealkylation sites (tertiary alicyclic amines) is 1. The molecule has 2 N–H and O–H groups in total. The average molecular weight is 533 g/mol. The molecule has 1 aliphatic carbocycles. The Labute approximate surface area is 221 Å². The van der Waals surface area contributed by atoms with Crippen LogP contribution in [0.15, 0.2) is 54.6 Å². The third-order valence-corrected chi connectivity index (χ3v) is 7.79. The van der Waals surface area contributed by atoms with E-state index in [9.17, 15) is 27.9 Å². The number of rotatable bonds is 9. The van der Waals surface area contributed by atoms with Crippen LogP contribution in [0.1, 0.15) is 60.5 Å². The van der Waals surface area contributed by atoms with Gasteiger partial charge in [0.05, 0.1) is 23.8 Å². The quantitative estimate of drug-likeness (QED) is 0.495. The second-order valence-corrected chi connectivity index (χ2v) is 10.3. The van der Waals surface area contributed by atoms with Gasteiger partial charge in [-0.2, -0.15) is 13.2 Å². The Balaban J connectivity index is 1.30. The lowest BCUT2D eigenvalue weighted by atomic mass is 9.77. The van der Waals surface area contributed by atoms with E-state index in [2.05, 4.69) is 10.2 Å². The standard InChI is InChI=1S/C29H35F3N2O4/c1-2-38-26-19-34(24-11-13-28(37,14-12-24)22-8-4-3-5-9-22)18-21(26)16-25(35)17-33-27(36)20-7-6-10-23(15-20)29(30,31)32/h3-10,15,21,24,26,37H,2,11-14,16-19H2,1H3,(H,33,36)/t21?,24?,26-,28?/m0/s1. The summed E-state index contributed by atoms with van der Waals surface area (Å²) in [5.74, 6) is -0.946. The van der Waals surface area contributed by atoms with E-state index in [4.69, 9.17) is 4.74 Å². The van der Waals surface area contributed by atoms with E-state index in [1.54, 1.807) is 0 Å². The predicted octanol–water partition coefficient (Wildman–Crippen LogP) is 4.56. The van der Waals surface area contributed by atoms with Crippen molar-refractivity contribution in [3.63, 3.8) is 0 Å². The molecule has 1 aliphatic heterocycles. The molecule has 2 aliphatic rings. The van der Waals surface area contributed by atoms with E-state index < -0.39 is 23.2 Å². The molecule has 9 heteroatoms. The summed E-state index contributed by atoms with van der Waals surface area (Å²) in [6.07, 6.45) is -1.42. The molecule has 0 aromatic heterocycles. The summed E-state index contributed by atoms with van der Waals surface area (Å²) in [6, 6.07) is 14.2. The van der Waals surface area contributed by atoms with Crippen LogP contribution in [0, 0.1) is 5.92 Å². The zero-order valence-corrected chi connectivity index (χ0v) is 21.5. The van der Waals surface area contributed by atoms with Crippen LogP contribution in [0.5, 0.6) is 0 Å². The molecule has 0 spiro atoms. The fraction of sp³-hybridized carbons (Fsp3) is 0.517. The molecule has 1 amide bonds. The highest BCUT2D eigenvalue weighted by atomic mass is 19.4. The minimum atomic E-state index is -4.55. The highest BCUT2D eigenvalue weighted by Gasteiger charge is 2.42. The summed E-state index contributed by atoms with van der Waals surface area (Å²) in [5.41, 5.74) is -0.918. The fourth-order valence-electron chi connectivity index (χ4n) is 5.74. The van der Waals surface area contributed by atoms with Crippen LogP contribution in [-0.2, 0) is 21.3 Å². The number of nitrogens with zero attached hydrogens (tertiary/aromatic N) is 1. The first-order chi connectivity index (χ1) is 18.1. The third-order valence-electron chi connectivity index (χ3n) is 7.79. The Morgan fingerprint density at radius 1 is 1.08 bits per heavy atom. The number of carbonyl (C=O) groups excluding carboxylic acids is 2. The molecule has 2 fully saturated rings. The van der Waals surface area contributed by atoms with E-state index in [0.29, 0.717) is 38.6 Å². The number of Topliss-reactive ketones (excluding diaryl/α,β-unsaturated/α-hetero) is 1. The van der Waals surface area contributed by atoms with Crippen molar-refractivity contribution in [1.82, 2.24) is 10.2 Å². The first kappa shape index (κ1) is 28.3. The van der Waals surface area contributed by atoms with Crippen molar-refractivity contribution in [1.29, 1.82) is 0 Å². The van der Waals surface area contributed by atoms with Crippen molar-refractivity contribution in [2.75, 3.05) is 26.2 Å². The number of hydrogen-bond donors (Lipinski definition) is 2. The molecule has 1 saturated carbocycles. The van der Waals surface area contributed by atoms with Crippen LogP contribution < -0.4 is 5.32 Å². The van der Waals surface area contributed by atoms with E-state index in [1.165, 1.54) is 12.1 Å². The zero-order valence-electron chi connectivity index (χ0n) is 21.5. The van der Waals surface area contributed by atoms with Crippen LogP contribution >= 0.6 is 0 Å². The van der Waals surface area contributed by atoms with Crippen molar-refractivity contribution in [3.05, 3.63) is 71.3 Å². The first-order valence-electron chi connectivity index (χ1n) is 13.2. The first-order valence-corrected chi connectivity index (χ1v) is 13.2. The highest BCUT2D eigenvalue weighted by molar-refractivity contribution is 5.96. The number of halogens is 3. The minimum absolute atomic E-state index is 0.0390. The largest absolute Gasteiger partial charge is 0.416 e. The van der Waals surface area contributed by atoms with Gasteiger partial charge in [-0.25, -0.2) is 0 Å². The number of aliphatic hydroxyl groups is 1. The molecule has 4 rings (SSSR count). The lowest BCUT2D eigenvalue weighted by Gasteiger charge is -2.40. The number of amides is 1. The summed E-state index contributed by atoms with van der Waals surface area (Å²) in [5, 5.41) is 13.6. The van der Waals surface area contributed by atoms with Crippen molar-refractivity contribution in [2.24, 2.45) is 5.92 Å². The molecule has 1 saturated heterocycles. The van der Waals surface area contributed by atoms with Gasteiger partial charge in [0.15, 0.2) is 5.78 Å². The average Bonchev–Trinajstić information content (AvgIpc) is 3.30. The topological polar surface area (TPSA) is 78.9 Å². The minimum Gasteiger partial charge on any atom is -0.385 e. The molecule has 6 nitrogen and oxygen atoms in total. The molecule has 206 valence electrons. The maximum atomic E-state index is 12.9. The molecule has 2 aromatic carbocycles. The van der Waals surface area contributed by atoms with Crippen molar-refractivity contribution >= 4 is 11.7 Å². The van der Waals surface area contributed by atoms with Gasteiger partial charge in [0.25, 0.3) is 5.91 Å². The summed E-state index contributed by atoms with van der Waals surface area (Å²) >= 11 is 0. The molecule has 2 aromatic rings. The summed E-state index contributed by atoms with van der Waals surface area (Å²) in [7, 11) is 0. The van der Waals surface area contributed by atoms with Gasteiger partial charge in [-0.15, -0.1) is 0 Å². The van der Waals surface area contributed by atoms with Crippen LogP contribution in [0.3, 0.4) is 0 Å². The Kier molecular flexibility index (Phi) is 8.90. The molecule has 38 heavy (non-hydrogen) atoms. The van der Waals surface area contributed by atoms with Crippen LogP contribution in [0.2, 0.25) is 0 Å². The maximum Gasteiger partial charge on any atom is 0.416 e. The number of ketones is 1. The van der Waals surface area contributed by atoms with Gasteiger partial charge in [-0.05, 0) is 56.4 Å². The van der Waals surface area contributed by atoms with E-state index >= 15 is 0 Å². The number of alkyl halides is 3. The zero-order chi connectivity index (χ0) is 27.3. The van der Waals surface area contributed by atoms with Gasteiger partial charge in [-0.3, -0.25) is 14.5 Å². The Morgan fingerprint density at radius 3 is 2.45 bits per heavy atom. The number of benzene rings is 2. The molecule has 0 bridgehead atoms. The SMILES string of the molecule is CCO[C@H]1CN(C2CCC(O)(c3ccccc3)CC2)CC1CC(=O)CNC(=O)c1cccc(C(F)(F)F)c1. The fourth-order valence-corrected chi connectivity index (χ4v) is 5.74. The highest BCUT2D eigenvalue weighted by Crippen LogP contribution is 2.40. The second-order valence-electron chi connectivity index (χ2n) is 10.3. The number of hydrogen-bond acceptors (Lipinski definition) is 5. The third kappa shape index (κ3) is 6.81. The van der Waals surface area contributed by atoms with Gasteiger partial charge in [0.1, 0.15) is 0 Å². The number of carbonyl (C=O) groups is 2. The molecule has 0 radical (unpaired) electrons. The Morgan fingerprint density at radius 2 is 1.79 bits per heavy atom. The monoisotopic (exact) mass is 532 g/mol. The van der Waals surface area contributed by atoms with E-state index in [0.717, 1.165) is 30.5 Å². The number of ether oxygens (including phenoxy) is 1. The number of nitrogens with one attached hydrogen (secondary N) is 1. The van der Waals surface area contributed by atoms with Gasteiger partial charge in [0, 0.05) is 43.6 Å². The Hall–Kier alpha value is -2.75. The molecular formula is C29H35F3N2O4. The molecule has 1 unspecified atom stereocenters. The van der Waals surface area contributed by atoms with E-state index in [-0.39, 0.29) is 36.3 Å². The van der Waals surface area contributed by atoms with Gasteiger partial charge < -0.3 is 15.2 Å². The normalized spacial score (nSPS) is 26.3. The maximum absolute atomic E-state index is 12.9. The summed E-state index contributed by atoms with van der Waals surface area (Å²) in [4.78, 5) is 27.4. The lowest BCUT2D eigenvalue weighted by Crippen LogP contribution is -2.42. The van der Waals surface area contributed by atoms with Crippen molar-refractivity contribution in [3.8, 4) is 0 Å². The molecule has 1 heterocycles.